The lowest BCUT2D eigenvalue weighted by atomic mass is 9.97. The summed E-state index contributed by atoms with van der Waals surface area (Å²) >= 11 is 0. The normalized spacial score (nSPS) is 13.2. The van der Waals surface area contributed by atoms with Gasteiger partial charge in [0.2, 0.25) is 5.54 Å². The van der Waals surface area contributed by atoms with Gasteiger partial charge in [-0.2, -0.15) is 26.3 Å². The number of anilines is 1. The van der Waals surface area contributed by atoms with Crippen LogP contribution in [0.1, 0.15) is 0 Å². The second-order valence-corrected chi connectivity index (χ2v) is 3.96. The summed E-state index contributed by atoms with van der Waals surface area (Å²) < 4.78 is 81.7. The van der Waals surface area contributed by atoms with Crippen molar-refractivity contribution in [3.05, 3.63) is 24.3 Å². The van der Waals surface area contributed by atoms with Crippen molar-refractivity contribution in [3.8, 4) is 5.75 Å². The van der Waals surface area contributed by atoms with E-state index < -0.39 is 24.4 Å². The number of rotatable bonds is 4. The van der Waals surface area contributed by atoms with Crippen LogP contribution in [0.15, 0.2) is 24.3 Å². The molecule has 1 rings (SSSR count). The highest BCUT2D eigenvalue weighted by Crippen LogP contribution is 2.44. The molecule has 9 heteroatoms. The zero-order valence-corrected chi connectivity index (χ0v) is 10.3. The maximum absolute atomic E-state index is 12.8. The van der Waals surface area contributed by atoms with Gasteiger partial charge in [-0.3, -0.25) is 0 Å². The number of nitrogens with one attached hydrogen (secondary N) is 1. The molecule has 0 saturated heterocycles. The van der Waals surface area contributed by atoms with Gasteiger partial charge in [-0.05, 0) is 24.3 Å². The number of ether oxygens (including phenoxy) is 1. The summed E-state index contributed by atoms with van der Waals surface area (Å²) in [6.07, 6.45) is -11.2. The molecule has 0 radical (unpaired) electrons. The van der Waals surface area contributed by atoms with Gasteiger partial charge in [-0.25, -0.2) is 0 Å². The molecule has 1 aromatic carbocycles. The predicted octanol–water partition coefficient (Wildman–Crippen LogP) is 2.93. The van der Waals surface area contributed by atoms with Crippen LogP contribution in [0, 0.1) is 0 Å². The first-order valence-electron chi connectivity index (χ1n) is 5.33. The molecule has 0 aliphatic rings. The van der Waals surface area contributed by atoms with Gasteiger partial charge >= 0.3 is 12.4 Å². The van der Waals surface area contributed by atoms with Crippen LogP contribution in [-0.2, 0) is 0 Å². The van der Waals surface area contributed by atoms with E-state index >= 15 is 0 Å². The van der Waals surface area contributed by atoms with Crippen molar-refractivity contribution in [1.29, 1.82) is 0 Å². The van der Waals surface area contributed by atoms with Gasteiger partial charge in [-0.1, -0.05) is 0 Å². The van der Waals surface area contributed by atoms with Gasteiger partial charge in [0.05, 0.1) is 7.11 Å². The lowest BCUT2D eigenvalue weighted by Crippen LogP contribution is -2.66. The molecule has 20 heavy (non-hydrogen) atoms. The van der Waals surface area contributed by atoms with Crippen molar-refractivity contribution < 1.29 is 31.1 Å². The Hall–Kier alpha value is -1.64. The predicted molar refractivity (Wildman–Crippen MR) is 60.5 cm³/mol. The minimum atomic E-state index is -5.60. The molecule has 3 nitrogen and oxygen atoms in total. The standard InChI is InChI=1S/C11H12F6N2O/c1-20-8-4-2-7(3-5-8)19-9(6-18,10(12,13)14)11(15,16)17/h2-5,19H,6,18H2,1H3. The molecule has 0 bridgehead atoms. The third-order valence-corrected chi connectivity index (χ3v) is 2.72. The van der Waals surface area contributed by atoms with Crippen molar-refractivity contribution in [3.63, 3.8) is 0 Å². The number of benzene rings is 1. The summed E-state index contributed by atoms with van der Waals surface area (Å²) in [5, 5.41) is 1.44. The molecule has 0 atom stereocenters. The first kappa shape index (κ1) is 16.4. The second-order valence-electron chi connectivity index (χ2n) is 3.96. The maximum Gasteiger partial charge on any atom is 0.421 e. The van der Waals surface area contributed by atoms with Gasteiger partial charge in [0.15, 0.2) is 0 Å². The number of hydrogen-bond donors (Lipinski definition) is 2. The molecule has 0 spiro atoms. The number of halogens is 6. The minimum absolute atomic E-state index is 0.299. The van der Waals surface area contributed by atoms with Crippen molar-refractivity contribution in [2.75, 3.05) is 19.0 Å². The summed E-state index contributed by atoms with van der Waals surface area (Å²) in [7, 11) is 1.32. The number of hydrogen-bond acceptors (Lipinski definition) is 3. The van der Waals surface area contributed by atoms with Crippen LogP contribution in [0.5, 0.6) is 5.75 Å². The van der Waals surface area contributed by atoms with Crippen LogP contribution < -0.4 is 15.8 Å². The topological polar surface area (TPSA) is 47.3 Å². The smallest absolute Gasteiger partial charge is 0.421 e. The molecule has 0 aliphatic carbocycles. The van der Waals surface area contributed by atoms with Crippen LogP contribution >= 0.6 is 0 Å². The summed E-state index contributed by atoms with van der Waals surface area (Å²) in [5.41, 5.74) is 0.187. The molecule has 0 aliphatic heterocycles. The van der Waals surface area contributed by atoms with E-state index in [-0.39, 0.29) is 5.69 Å². The third-order valence-electron chi connectivity index (χ3n) is 2.72. The molecule has 0 aromatic heterocycles. The molecule has 114 valence electrons. The van der Waals surface area contributed by atoms with Crippen molar-refractivity contribution in [2.45, 2.75) is 17.9 Å². The molecular formula is C11H12F6N2O. The fourth-order valence-corrected chi connectivity index (χ4v) is 1.51. The average molecular weight is 302 g/mol. The number of methoxy groups -OCH3 is 1. The first-order chi connectivity index (χ1) is 9.07. The van der Waals surface area contributed by atoms with Gasteiger partial charge < -0.3 is 15.8 Å². The lowest BCUT2D eigenvalue weighted by molar-refractivity contribution is -0.284. The third kappa shape index (κ3) is 2.92. The maximum atomic E-state index is 12.8. The van der Waals surface area contributed by atoms with Crippen molar-refractivity contribution in [1.82, 2.24) is 0 Å². The minimum Gasteiger partial charge on any atom is -0.497 e. The van der Waals surface area contributed by atoms with Gasteiger partial charge in [-0.15, -0.1) is 0 Å². The molecule has 3 N–H and O–H groups in total. The Bertz CT molecular complexity index is 426. The zero-order chi connectivity index (χ0) is 15.6. The second kappa shape index (κ2) is 5.39. The molecule has 0 saturated carbocycles. The quantitative estimate of drug-likeness (QED) is 0.841. The van der Waals surface area contributed by atoms with Crippen LogP contribution in [-0.4, -0.2) is 31.5 Å². The Morgan fingerprint density at radius 3 is 1.75 bits per heavy atom. The summed E-state index contributed by atoms with van der Waals surface area (Å²) in [6, 6.07) is 4.55. The fraction of sp³-hybridized carbons (Fsp3) is 0.455. The van der Waals surface area contributed by atoms with E-state index in [1.165, 1.54) is 24.6 Å². The van der Waals surface area contributed by atoms with E-state index in [2.05, 4.69) is 0 Å². The van der Waals surface area contributed by atoms with E-state index in [1.807, 2.05) is 0 Å². The van der Waals surface area contributed by atoms with Crippen LogP contribution in [0.3, 0.4) is 0 Å². The molecule has 0 unspecified atom stereocenters. The highest BCUT2D eigenvalue weighted by molar-refractivity contribution is 5.49. The van der Waals surface area contributed by atoms with Crippen molar-refractivity contribution in [2.24, 2.45) is 5.73 Å². The zero-order valence-electron chi connectivity index (χ0n) is 10.3. The molecular weight excluding hydrogens is 290 g/mol. The Labute approximate surface area is 110 Å². The Morgan fingerprint density at radius 2 is 1.45 bits per heavy atom. The van der Waals surface area contributed by atoms with E-state index in [0.29, 0.717) is 5.75 Å². The molecule has 0 fully saturated rings. The van der Waals surface area contributed by atoms with E-state index in [9.17, 15) is 26.3 Å². The number of nitrogens with two attached hydrogens (primary N) is 1. The van der Waals surface area contributed by atoms with Crippen LogP contribution in [0.2, 0.25) is 0 Å². The highest BCUT2D eigenvalue weighted by atomic mass is 19.4. The first-order valence-corrected chi connectivity index (χ1v) is 5.33. The van der Waals surface area contributed by atoms with Gasteiger partial charge in [0.1, 0.15) is 5.75 Å². The number of alkyl halides is 6. The van der Waals surface area contributed by atoms with Crippen LogP contribution in [0.4, 0.5) is 32.0 Å². The SMILES string of the molecule is COc1ccc(NC(CN)(C(F)(F)F)C(F)(F)F)cc1. The average Bonchev–Trinajstić information content (AvgIpc) is 2.33. The van der Waals surface area contributed by atoms with E-state index in [4.69, 9.17) is 10.5 Å². The van der Waals surface area contributed by atoms with E-state index in [1.54, 1.807) is 0 Å². The molecule has 1 aromatic rings. The van der Waals surface area contributed by atoms with Gasteiger partial charge in [0, 0.05) is 12.2 Å². The summed E-state index contributed by atoms with van der Waals surface area (Å²) in [6.45, 7) is -1.67. The largest absolute Gasteiger partial charge is 0.497 e. The highest BCUT2D eigenvalue weighted by Gasteiger charge is 2.70. The fourth-order valence-electron chi connectivity index (χ4n) is 1.51. The van der Waals surface area contributed by atoms with Crippen LogP contribution in [0.25, 0.3) is 0 Å². The Balaban J connectivity index is 3.19. The lowest BCUT2D eigenvalue weighted by Gasteiger charge is -2.37. The Kier molecular flexibility index (Phi) is 4.42. The Morgan fingerprint density at radius 1 is 1.00 bits per heavy atom. The summed E-state index contributed by atoms with van der Waals surface area (Å²) in [4.78, 5) is 0. The monoisotopic (exact) mass is 302 g/mol. The van der Waals surface area contributed by atoms with Gasteiger partial charge in [0.25, 0.3) is 0 Å². The molecule has 0 amide bonds. The summed E-state index contributed by atoms with van der Waals surface area (Å²) in [5.74, 6) is 0.299. The molecule has 0 heterocycles. The van der Waals surface area contributed by atoms with Crippen molar-refractivity contribution >= 4 is 5.69 Å². The van der Waals surface area contributed by atoms with E-state index in [0.717, 1.165) is 12.1 Å².